The van der Waals surface area contributed by atoms with Crippen LogP contribution in [0.5, 0.6) is 0 Å². The Kier molecular flexibility index (Phi) is 5.25. The summed E-state index contributed by atoms with van der Waals surface area (Å²) >= 11 is 0. The average molecular weight is 389 g/mol. The van der Waals surface area contributed by atoms with Gasteiger partial charge in [0, 0.05) is 19.5 Å². The van der Waals surface area contributed by atoms with Crippen molar-refractivity contribution in [1.29, 1.82) is 0 Å². The summed E-state index contributed by atoms with van der Waals surface area (Å²) in [4.78, 5) is 44.0. The van der Waals surface area contributed by atoms with Gasteiger partial charge in [0.25, 0.3) is 17.4 Å². The maximum Gasteiger partial charge on any atom is 0.261 e. The van der Waals surface area contributed by atoms with E-state index in [-0.39, 0.29) is 17.4 Å². The molecule has 0 N–H and O–H groups in total. The van der Waals surface area contributed by atoms with Crippen LogP contribution in [0.2, 0.25) is 0 Å². The molecule has 0 radical (unpaired) electrons. The summed E-state index contributed by atoms with van der Waals surface area (Å²) in [5.41, 5.74) is 1.57. The molecule has 6 heteroatoms. The number of benzene rings is 2. The second-order valence-electron chi connectivity index (χ2n) is 7.27. The Balaban J connectivity index is 1.55. The highest BCUT2D eigenvalue weighted by molar-refractivity contribution is 6.21. The fourth-order valence-electron chi connectivity index (χ4n) is 3.79. The van der Waals surface area contributed by atoms with Gasteiger partial charge in [0.15, 0.2) is 0 Å². The summed E-state index contributed by atoms with van der Waals surface area (Å²) in [5.74, 6) is 0.208. The molecule has 1 aromatic heterocycles. The molecule has 3 aromatic rings. The number of rotatable bonds is 7. The lowest BCUT2D eigenvalue weighted by Crippen LogP contribution is -2.31. The number of aromatic nitrogens is 2. The number of imide groups is 1. The van der Waals surface area contributed by atoms with Gasteiger partial charge in [-0.25, -0.2) is 4.98 Å². The highest BCUT2D eigenvalue weighted by Gasteiger charge is 2.34. The third-order valence-electron chi connectivity index (χ3n) is 5.34. The zero-order chi connectivity index (χ0) is 20.4. The molecule has 0 fully saturated rings. The van der Waals surface area contributed by atoms with Crippen molar-refractivity contribution in [3.63, 3.8) is 0 Å². The molecule has 0 atom stereocenters. The minimum Gasteiger partial charge on any atom is -0.296 e. The van der Waals surface area contributed by atoms with E-state index in [1.807, 2.05) is 18.2 Å². The Morgan fingerprint density at radius 3 is 2.17 bits per heavy atom. The number of hydrogen-bond donors (Lipinski definition) is 0. The summed E-state index contributed by atoms with van der Waals surface area (Å²) in [6.07, 6.45) is 2.96. The summed E-state index contributed by atoms with van der Waals surface area (Å²) in [7, 11) is 0. The van der Waals surface area contributed by atoms with E-state index < -0.39 is 0 Å². The second-order valence-corrected chi connectivity index (χ2v) is 7.27. The second kappa shape index (κ2) is 7.99. The van der Waals surface area contributed by atoms with Gasteiger partial charge >= 0.3 is 0 Å². The van der Waals surface area contributed by atoms with E-state index in [4.69, 9.17) is 4.98 Å². The average Bonchev–Trinajstić information content (AvgIpc) is 2.98. The third-order valence-corrected chi connectivity index (χ3v) is 5.34. The van der Waals surface area contributed by atoms with Gasteiger partial charge in [-0.05, 0) is 37.1 Å². The van der Waals surface area contributed by atoms with Crippen LogP contribution >= 0.6 is 0 Å². The molecule has 0 aliphatic carbocycles. The molecule has 148 valence electrons. The molecule has 0 saturated heterocycles. The first kappa shape index (κ1) is 19.1. The van der Waals surface area contributed by atoms with Crippen molar-refractivity contribution in [1.82, 2.24) is 14.5 Å². The van der Waals surface area contributed by atoms with Crippen molar-refractivity contribution >= 4 is 22.7 Å². The number of fused-ring (bicyclic) bond motifs is 2. The summed E-state index contributed by atoms with van der Waals surface area (Å²) in [6.45, 7) is 3.01. The normalized spacial score (nSPS) is 13.3. The van der Waals surface area contributed by atoms with Crippen LogP contribution in [0.15, 0.2) is 53.3 Å². The molecule has 0 bridgehead atoms. The van der Waals surface area contributed by atoms with Crippen LogP contribution in [0.1, 0.15) is 52.7 Å². The zero-order valence-corrected chi connectivity index (χ0v) is 16.4. The summed E-state index contributed by atoms with van der Waals surface area (Å²) in [6, 6.07) is 14.2. The van der Waals surface area contributed by atoms with Crippen molar-refractivity contribution in [2.45, 2.75) is 39.2 Å². The van der Waals surface area contributed by atoms with Crippen molar-refractivity contribution in [3.05, 3.63) is 75.8 Å². The molecule has 1 aliphatic heterocycles. The van der Waals surface area contributed by atoms with Gasteiger partial charge in [-0.3, -0.25) is 23.9 Å². The standard InChI is InChI=1S/C23H23N3O3/c1-2-3-14-25-20(24-19-12-7-6-11-18(19)23(25)29)13-8-15-26-21(27)16-9-4-5-10-17(16)22(26)28/h4-7,9-12H,2-3,8,13-15H2,1H3. The van der Waals surface area contributed by atoms with Gasteiger partial charge in [-0.1, -0.05) is 37.6 Å². The summed E-state index contributed by atoms with van der Waals surface area (Å²) < 4.78 is 1.74. The van der Waals surface area contributed by atoms with Crippen molar-refractivity contribution < 1.29 is 9.59 Å². The van der Waals surface area contributed by atoms with Gasteiger partial charge in [0.2, 0.25) is 0 Å². The lowest BCUT2D eigenvalue weighted by Gasteiger charge is -2.16. The fourth-order valence-corrected chi connectivity index (χ4v) is 3.79. The van der Waals surface area contributed by atoms with Gasteiger partial charge in [0.1, 0.15) is 5.82 Å². The van der Waals surface area contributed by atoms with Gasteiger partial charge in [-0.15, -0.1) is 0 Å². The molecular weight excluding hydrogens is 366 g/mol. The molecule has 4 rings (SSSR count). The van der Waals surface area contributed by atoms with E-state index in [1.54, 1.807) is 34.9 Å². The van der Waals surface area contributed by atoms with Crippen LogP contribution in [-0.2, 0) is 13.0 Å². The quantitative estimate of drug-likeness (QED) is 0.581. The van der Waals surface area contributed by atoms with Crippen LogP contribution in [0.3, 0.4) is 0 Å². The maximum atomic E-state index is 12.9. The predicted octanol–water partition coefficient (Wildman–Crippen LogP) is 3.43. The van der Waals surface area contributed by atoms with E-state index in [2.05, 4.69) is 6.92 Å². The van der Waals surface area contributed by atoms with E-state index >= 15 is 0 Å². The van der Waals surface area contributed by atoms with Crippen molar-refractivity contribution in [2.24, 2.45) is 0 Å². The SMILES string of the molecule is CCCCn1c(CCCN2C(=O)c3ccccc3C2=O)nc2ccccc2c1=O. The third kappa shape index (κ3) is 3.46. The Morgan fingerprint density at radius 2 is 1.48 bits per heavy atom. The number of para-hydroxylation sites is 1. The largest absolute Gasteiger partial charge is 0.296 e. The molecule has 1 aliphatic rings. The smallest absolute Gasteiger partial charge is 0.261 e. The van der Waals surface area contributed by atoms with Crippen LogP contribution in [0.4, 0.5) is 0 Å². The van der Waals surface area contributed by atoms with E-state index in [9.17, 15) is 14.4 Å². The van der Waals surface area contributed by atoms with Crippen molar-refractivity contribution in [2.75, 3.05) is 6.54 Å². The molecule has 6 nitrogen and oxygen atoms in total. The fraction of sp³-hybridized carbons (Fsp3) is 0.304. The van der Waals surface area contributed by atoms with Gasteiger partial charge < -0.3 is 0 Å². The van der Waals surface area contributed by atoms with Crippen LogP contribution in [0.25, 0.3) is 10.9 Å². The Morgan fingerprint density at radius 1 is 0.828 bits per heavy atom. The number of nitrogens with zero attached hydrogens (tertiary/aromatic N) is 3. The van der Waals surface area contributed by atoms with Crippen LogP contribution in [0, 0.1) is 0 Å². The first-order valence-electron chi connectivity index (χ1n) is 10.1. The molecule has 2 heterocycles. The van der Waals surface area contributed by atoms with E-state index in [0.29, 0.717) is 53.8 Å². The number of unbranched alkanes of at least 4 members (excludes halogenated alkanes) is 1. The zero-order valence-electron chi connectivity index (χ0n) is 16.4. The topological polar surface area (TPSA) is 72.3 Å². The Bertz CT molecular complexity index is 1110. The van der Waals surface area contributed by atoms with E-state index in [1.165, 1.54) is 4.90 Å². The lowest BCUT2D eigenvalue weighted by atomic mass is 10.1. The molecular formula is C23H23N3O3. The number of hydrogen-bond acceptors (Lipinski definition) is 4. The first-order valence-corrected chi connectivity index (χ1v) is 10.1. The van der Waals surface area contributed by atoms with E-state index in [0.717, 1.165) is 12.8 Å². The van der Waals surface area contributed by atoms with Crippen LogP contribution < -0.4 is 5.56 Å². The molecule has 29 heavy (non-hydrogen) atoms. The minimum absolute atomic E-state index is 0.0280. The lowest BCUT2D eigenvalue weighted by molar-refractivity contribution is 0.0652. The predicted molar refractivity (Wildman–Crippen MR) is 111 cm³/mol. The highest BCUT2D eigenvalue weighted by atomic mass is 16.2. The minimum atomic E-state index is -0.250. The molecule has 2 amide bonds. The molecule has 2 aromatic carbocycles. The molecule has 0 spiro atoms. The number of amides is 2. The van der Waals surface area contributed by atoms with Gasteiger partial charge in [-0.2, -0.15) is 0 Å². The highest BCUT2D eigenvalue weighted by Crippen LogP contribution is 2.22. The molecule has 0 unspecified atom stereocenters. The van der Waals surface area contributed by atoms with Crippen molar-refractivity contribution in [3.8, 4) is 0 Å². The summed E-state index contributed by atoms with van der Waals surface area (Å²) in [5, 5.41) is 0.618. The molecule has 0 saturated carbocycles. The number of carbonyl (C=O) groups excluding carboxylic acids is 2. The first-order chi connectivity index (χ1) is 14.1. The maximum absolute atomic E-state index is 12.9. The monoisotopic (exact) mass is 389 g/mol. The van der Waals surface area contributed by atoms with Gasteiger partial charge in [0.05, 0.1) is 22.0 Å². The van der Waals surface area contributed by atoms with Crippen LogP contribution in [-0.4, -0.2) is 32.8 Å². The number of carbonyl (C=O) groups is 2. The Labute approximate surface area is 168 Å². The number of aryl methyl sites for hydroxylation is 1. The Hall–Kier alpha value is -3.28.